The summed E-state index contributed by atoms with van der Waals surface area (Å²) in [4.78, 5) is 12.4. The van der Waals surface area contributed by atoms with Gasteiger partial charge in [0.25, 0.3) is 0 Å². The first-order chi connectivity index (χ1) is 14.5. The molecule has 0 heterocycles. The van der Waals surface area contributed by atoms with E-state index in [9.17, 15) is 4.79 Å². The molecule has 0 fully saturated rings. The van der Waals surface area contributed by atoms with Crippen LogP contribution < -0.4 is 9.47 Å². The highest BCUT2D eigenvalue weighted by Crippen LogP contribution is 2.20. The summed E-state index contributed by atoms with van der Waals surface area (Å²) in [6.07, 6.45) is 9.65. The van der Waals surface area contributed by atoms with Gasteiger partial charge in [0, 0.05) is 0 Å². The molecule has 0 aliphatic rings. The van der Waals surface area contributed by atoms with E-state index >= 15 is 0 Å². The monoisotopic (exact) mass is 410 g/mol. The van der Waals surface area contributed by atoms with Crippen molar-refractivity contribution in [1.82, 2.24) is 0 Å². The van der Waals surface area contributed by atoms with E-state index in [0.29, 0.717) is 11.3 Å². The molecule has 164 valence electrons. The van der Waals surface area contributed by atoms with Gasteiger partial charge in [0.1, 0.15) is 11.5 Å². The number of hydrogen-bond donors (Lipinski definition) is 0. The minimum atomic E-state index is -0.346. The second kappa shape index (κ2) is 13.1. The maximum Gasteiger partial charge on any atom is 0.343 e. The molecule has 0 aliphatic carbocycles. The van der Waals surface area contributed by atoms with Gasteiger partial charge >= 0.3 is 5.97 Å². The zero-order chi connectivity index (χ0) is 21.8. The van der Waals surface area contributed by atoms with Crippen molar-refractivity contribution in [3.63, 3.8) is 0 Å². The van der Waals surface area contributed by atoms with Crippen LogP contribution in [0.5, 0.6) is 11.5 Å². The molecule has 2 aromatic rings. The fraction of sp³-hybridized carbons (Fsp3) is 0.519. The molecule has 2 rings (SSSR count). The topological polar surface area (TPSA) is 35.5 Å². The molecule has 3 heteroatoms. The van der Waals surface area contributed by atoms with E-state index in [1.807, 2.05) is 36.4 Å². The summed E-state index contributed by atoms with van der Waals surface area (Å²) in [7, 11) is 0. The number of rotatable bonds is 13. The summed E-state index contributed by atoms with van der Waals surface area (Å²) in [5, 5.41) is 0. The van der Waals surface area contributed by atoms with Gasteiger partial charge in [-0.25, -0.2) is 4.79 Å². The lowest BCUT2D eigenvalue weighted by Crippen LogP contribution is -2.12. The van der Waals surface area contributed by atoms with Crippen LogP contribution in [0, 0.1) is 5.92 Å². The predicted molar refractivity (Wildman–Crippen MR) is 124 cm³/mol. The van der Waals surface area contributed by atoms with Gasteiger partial charge in [0.15, 0.2) is 0 Å². The second-order valence-corrected chi connectivity index (χ2v) is 8.39. The molecule has 0 N–H and O–H groups in total. The van der Waals surface area contributed by atoms with E-state index < -0.39 is 0 Å². The summed E-state index contributed by atoms with van der Waals surface area (Å²) < 4.78 is 11.5. The van der Waals surface area contributed by atoms with Crippen molar-refractivity contribution in [3.8, 4) is 11.5 Å². The van der Waals surface area contributed by atoms with Crippen LogP contribution in [0.4, 0.5) is 0 Å². The third-order valence-electron chi connectivity index (χ3n) is 5.65. The Kier molecular flexibility index (Phi) is 10.5. The number of esters is 1. The van der Waals surface area contributed by atoms with Gasteiger partial charge in [0.05, 0.1) is 11.7 Å². The molecule has 2 atom stereocenters. The maximum atomic E-state index is 12.4. The van der Waals surface area contributed by atoms with Crippen molar-refractivity contribution < 1.29 is 14.3 Å². The SMILES string of the molecule is CCCCCC[C@@H](C)Oc1ccc(C(=O)Oc2ccc(CC[C@@H](C)CC)cc2)cc1. The molecule has 3 nitrogen and oxygen atoms in total. The van der Waals surface area contributed by atoms with E-state index in [1.165, 1.54) is 44.1 Å². The largest absolute Gasteiger partial charge is 0.491 e. The van der Waals surface area contributed by atoms with Crippen LogP contribution in [0.3, 0.4) is 0 Å². The zero-order valence-electron chi connectivity index (χ0n) is 19.2. The van der Waals surface area contributed by atoms with E-state index in [1.54, 1.807) is 12.1 Å². The lowest BCUT2D eigenvalue weighted by Gasteiger charge is -2.15. The third kappa shape index (κ3) is 8.61. The molecule has 0 saturated carbocycles. The minimum Gasteiger partial charge on any atom is -0.491 e. The number of unbranched alkanes of at least 4 members (excludes halogenated alkanes) is 3. The smallest absolute Gasteiger partial charge is 0.343 e. The molecular weight excluding hydrogens is 372 g/mol. The number of ether oxygens (including phenoxy) is 2. The predicted octanol–water partition coefficient (Wildman–Crippen LogP) is 7.62. The number of benzene rings is 2. The summed E-state index contributed by atoms with van der Waals surface area (Å²) in [5.41, 5.74) is 1.80. The molecule has 0 saturated heterocycles. The second-order valence-electron chi connectivity index (χ2n) is 8.39. The average Bonchev–Trinajstić information content (AvgIpc) is 2.76. The molecule has 0 aliphatic heterocycles. The number of aryl methyl sites for hydroxylation is 1. The molecule has 30 heavy (non-hydrogen) atoms. The molecule has 0 amide bonds. The van der Waals surface area contributed by atoms with Crippen LogP contribution in [-0.4, -0.2) is 12.1 Å². The molecule has 2 aromatic carbocycles. The van der Waals surface area contributed by atoms with Crippen LogP contribution in [-0.2, 0) is 6.42 Å². The zero-order valence-corrected chi connectivity index (χ0v) is 19.2. The fourth-order valence-corrected chi connectivity index (χ4v) is 3.33. The molecule has 0 spiro atoms. The molecule has 0 aromatic heterocycles. The van der Waals surface area contributed by atoms with Crippen molar-refractivity contribution >= 4 is 5.97 Å². The van der Waals surface area contributed by atoms with Gasteiger partial charge < -0.3 is 9.47 Å². The van der Waals surface area contributed by atoms with Crippen molar-refractivity contribution in [1.29, 1.82) is 0 Å². The van der Waals surface area contributed by atoms with Gasteiger partial charge in [-0.2, -0.15) is 0 Å². The Labute approximate surface area is 182 Å². The van der Waals surface area contributed by atoms with E-state index in [0.717, 1.165) is 24.5 Å². The van der Waals surface area contributed by atoms with Crippen LogP contribution in [0.15, 0.2) is 48.5 Å². The lowest BCUT2D eigenvalue weighted by atomic mass is 9.99. The van der Waals surface area contributed by atoms with Crippen LogP contribution in [0.2, 0.25) is 0 Å². The minimum absolute atomic E-state index is 0.179. The molecule has 0 radical (unpaired) electrons. The summed E-state index contributed by atoms with van der Waals surface area (Å²) in [6.45, 7) is 8.82. The van der Waals surface area contributed by atoms with Crippen LogP contribution in [0.1, 0.15) is 88.6 Å². The van der Waals surface area contributed by atoms with E-state index in [2.05, 4.69) is 27.7 Å². The maximum absolute atomic E-state index is 12.4. The van der Waals surface area contributed by atoms with Crippen molar-refractivity contribution in [3.05, 3.63) is 59.7 Å². The highest BCUT2D eigenvalue weighted by Gasteiger charge is 2.10. The normalized spacial score (nSPS) is 12.9. The third-order valence-corrected chi connectivity index (χ3v) is 5.65. The van der Waals surface area contributed by atoms with Crippen molar-refractivity contribution in [2.45, 2.75) is 85.2 Å². The Hall–Kier alpha value is -2.29. The highest BCUT2D eigenvalue weighted by molar-refractivity contribution is 5.91. The standard InChI is InChI=1S/C27H38O3/c1-5-7-8-9-10-22(4)29-25-19-15-24(16-20-25)27(28)30-26-17-13-23(14-18-26)12-11-21(3)6-2/h13-22H,5-12H2,1-4H3/t21-,22+/m0/s1. The van der Waals surface area contributed by atoms with Gasteiger partial charge in [-0.1, -0.05) is 58.6 Å². The van der Waals surface area contributed by atoms with Crippen molar-refractivity contribution in [2.75, 3.05) is 0 Å². The van der Waals surface area contributed by atoms with Gasteiger partial charge in [-0.05, 0) is 80.5 Å². The summed E-state index contributed by atoms with van der Waals surface area (Å²) in [5.74, 6) is 1.76. The quantitative estimate of drug-likeness (QED) is 0.193. The Morgan fingerprint density at radius 3 is 2.13 bits per heavy atom. The van der Waals surface area contributed by atoms with E-state index in [-0.39, 0.29) is 12.1 Å². The van der Waals surface area contributed by atoms with Crippen LogP contribution >= 0.6 is 0 Å². The fourth-order valence-electron chi connectivity index (χ4n) is 3.33. The van der Waals surface area contributed by atoms with Gasteiger partial charge in [-0.3, -0.25) is 0 Å². The van der Waals surface area contributed by atoms with Crippen molar-refractivity contribution in [2.24, 2.45) is 5.92 Å². The first-order valence-electron chi connectivity index (χ1n) is 11.6. The van der Waals surface area contributed by atoms with Gasteiger partial charge in [-0.15, -0.1) is 0 Å². The first kappa shape index (κ1) is 24.0. The Morgan fingerprint density at radius 1 is 0.833 bits per heavy atom. The van der Waals surface area contributed by atoms with Gasteiger partial charge in [0.2, 0.25) is 0 Å². The Morgan fingerprint density at radius 2 is 1.50 bits per heavy atom. The Balaban J connectivity index is 1.81. The number of carbonyl (C=O) groups excluding carboxylic acids is 1. The average molecular weight is 411 g/mol. The van der Waals surface area contributed by atoms with Crippen LogP contribution in [0.25, 0.3) is 0 Å². The summed E-state index contributed by atoms with van der Waals surface area (Å²) >= 11 is 0. The molecule has 0 bridgehead atoms. The highest BCUT2D eigenvalue weighted by atomic mass is 16.5. The first-order valence-corrected chi connectivity index (χ1v) is 11.6. The number of hydrogen-bond acceptors (Lipinski definition) is 3. The lowest BCUT2D eigenvalue weighted by molar-refractivity contribution is 0.0734. The Bertz CT molecular complexity index is 734. The molecule has 0 unspecified atom stereocenters. The summed E-state index contributed by atoms with van der Waals surface area (Å²) in [6, 6.07) is 15.1. The molecular formula is C27H38O3. The van der Waals surface area contributed by atoms with E-state index in [4.69, 9.17) is 9.47 Å². The number of carbonyl (C=O) groups is 1.